The first kappa shape index (κ1) is 17.7. The molecule has 0 unspecified atom stereocenters. The van der Waals surface area contributed by atoms with Gasteiger partial charge in [0.25, 0.3) is 0 Å². The van der Waals surface area contributed by atoms with Gasteiger partial charge in [0.2, 0.25) is 0 Å². The van der Waals surface area contributed by atoms with Gasteiger partial charge in [0.15, 0.2) is 15.0 Å². The third kappa shape index (κ3) is 3.49. The van der Waals surface area contributed by atoms with Crippen molar-refractivity contribution in [3.8, 4) is 22.8 Å². The molecule has 130 valence electrons. The molecule has 0 aliphatic carbocycles. The highest BCUT2D eigenvalue weighted by atomic mass is 35.5. The van der Waals surface area contributed by atoms with Crippen molar-refractivity contribution in [2.24, 2.45) is 0 Å². The summed E-state index contributed by atoms with van der Waals surface area (Å²) < 4.78 is 29.9. The molecule has 0 saturated carbocycles. The van der Waals surface area contributed by atoms with Gasteiger partial charge in [-0.05, 0) is 30.3 Å². The number of halogens is 2. The smallest absolute Gasteiger partial charge is 0.177 e. The normalized spacial score (nSPS) is 11.5. The summed E-state index contributed by atoms with van der Waals surface area (Å²) >= 11 is 12.4. The zero-order chi connectivity index (χ0) is 18.2. The van der Waals surface area contributed by atoms with E-state index in [1.165, 1.54) is 25.7 Å². The predicted molar refractivity (Wildman–Crippen MR) is 96.5 cm³/mol. The van der Waals surface area contributed by atoms with Gasteiger partial charge in [-0.1, -0.05) is 23.2 Å². The fraction of sp³-hybridized carbons (Fsp3) is 0.125. The summed E-state index contributed by atoms with van der Waals surface area (Å²) in [5.74, 6) is 1.02. The van der Waals surface area contributed by atoms with Crippen LogP contribution in [0.15, 0.2) is 47.8 Å². The largest absolute Gasteiger partial charge is 0.495 e. The minimum absolute atomic E-state index is 0.136. The van der Waals surface area contributed by atoms with Gasteiger partial charge in [0, 0.05) is 18.0 Å². The number of ether oxygens (including phenoxy) is 1. The molecule has 0 spiro atoms. The number of sulfone groups is 1. The molecular formula is C16H13Cl2N3O3S. The maximum atomic E-state index is 11.6. The number of rotatable bonds is 4. The standard InChI is InChI=1S/C16H13Cl2N3O3S/c1-24-13-5-3-10(7-12(13)17)15-16(18)20-9-21(15)14-6-4-11(8-19-14)25(2,22)23/h3-9H,1-2H3. The predicted octanol–water partition coefficient (Wildman–Crippen LogP) is 3.65. The Morgan fingerprint density at radius 1 is 1.12 bits per heavy atom. The number of aromatic nitrogens is 3. The lowest BCUT2D eigenvalue weighted by molar-refractivity contribution is 0.415. The number of methoxy groups -OCH3 is 1. The van der Waals surface area contributed by atoms with E-state index < -0.39 is 9.84 Å². The van der Waals surface area contributed by atoms with Crippen LogP contribution in [0.5, 0.6) is 5.75 Å². The van der Waals surface area contributed by atoms with Crippen molar-refractivity contribution in [3.63, 3.8) is 0 Å². The first-order chi connectivity index (χ1) is 11.8. The molecule has 9 heteroatoms. The summed E-state index contributed by atoms with van der Waals surface area (Å²) in [7, 11) is -1.78. The first-order valence-corrected chi connectivity index (χ1v) is 9.69. The molecule has 2 aromatic heterocycles. The van der Waals surface area contributed by atoms with Crippen molar-refractivity contribution in [1.29, 1.82) is 0 Å². The molecule has 0 aliphatic heterocycles. The van der Waals surface area contributed by atoms with Crippen LogP contribution in [0.3, 0.4) is 0 Å². The van der Waals surface area contributed by atoms with E-state index in [0.717, 1.165) is 11.8 Å². The quantitative estimate of drug-likeness (QED) is 0.671. The van der Waals surface area contributed by atoms with Crippen molar-refractivity contribution >= 4 is 33.0 Å². The second kappa shape index (κ2) is 6.67. The van der Waals surface area contributed by atoms with E-state index in [-0.39, 0.29) is 10.0 Å². The minimum Gasteiger partial charge on any atom is -0.495 e. The Kier molecular flexibility index (Phi) is 4.73. The summed E-state index contributed by atoms with van der Waals surface area (Å²) in [6, 6.07) is 8.31. The number of hydrogen-bond donors (Lipinski definition) is 0. The van der Waals surface area contributed by atoms with Gasteiger partial charge >= 0.3 is 0 Å². The van der Waals surface area contributed by atoms with Crippen LogP contribution in [0.25, 0.3) is 17.1 Å². The molecule has 6 nitrogen and oxygen atoms in total. The second-order valence-electron chi connectivity index (χ2n) is 5.23. The average Bonchev–Trinajstić information content (AvgIpc) is 2.95. The molecule has 0 aliphatic rings. The van der Waals surface area contributed by atoms with E-state index in [9.17, 15) is 8.42 Å². The van der Waals surface area contributed by atoms with Gasteiger partial charge in [-0.25, -0.2) is 18.4 Å². The highest BCUT2D eigenvalue weighted by Gasteiger charge is 2.16. The number of benzene rings is 1. The molecule has 0 bridgehead atoms. The SMILES string of the molecule is COc1ccc(-c2c(Cl)ncn2-c2ccc(S(C)(=O)=O)cn2)cc1Cl. The van der Waals surface area contributed by atoms with Gasteiger partial charge in [-0.2, -0.15) is 0 Å². The number of imidazole rings is 1. The van der Waals surface area contributed by atoms with Crippen molar-refractivity contribution in [1.82, 2.24) is 14.5 Å². The third-order valence-corrected chi connectivity index (χ3v) is 5.21. The summed E-state index contributed by atoms with van der Waals surface area (Å²) in [6.45, 7) is 0. The van der Waals surface area contributed by atoms with E-state index in [1.807, 2.05) is 0 Å². The van der Waals surface area contributed by atoms with Gasteiger partial charge in [-0.3, -0.25) is 4.57 Å². The van der Waals surface area contributed by atoms with Gasteiger partial charge < -0.3 is 4.74 Å². The molecule has 0 saturated heterocycles. The van der Waals surface area contributed by atoms with Crippen LogP contribution < -0.4 is 4.74 Å². The second-order valence-corrected chi connectivity index (χ2v) is 8.01. The van der Waals surface area contributed by atoms with Gasteiger partial charge in [-0.15, -0.1) is 0 Å². The zero-order valence-electron chi connectivity index (χ0n) is 13.3. The molecule has 0 fully saturated rings. The Hall–Kier alpha value is -2.09. The van der Waals surface area contributed by atoms with Crippen LogP contribution in [0, 0.1) is 0 Å². The average molecular weight is 398 g/mol. The van der Waals surface area contributed by atoms with Crippen LogP contribution in [0.4, 0.5) is 0 Å². The number of pyridine rings is 1. The lowest BCUT2D eigenvalue weighted by Crippen LogP contribution is -2.02. The van der Waals surface area contributed by atoms with E-state index in [2.05, 4.69) is 9.97 Å². The van der Waals surface area contributed by atoms with Gasteiger partial charge in [0.05, 0.1) is 22.7 Å². The number of nitrogens with zero attached hydrogens (tertiary/aromatic N) is 3. The Morgan fingerprint density at radius 2 is 1.88 bits per heavy atom. The van der Waals surface area contributed by atoms with Crippen LogP contribution in [0.1, 0.15) is 0 Å². The highest BCUT2D eigenvalue weighted by Crippen LogP contribution is 2.34. The van der Waals surface area contributed by atoms with Crippen LogP contribution in [0.2, 0.25) is 10.2 Å². The fourth-order valence-corrected chi connectivity index (χ4v) is 3.37. The topological polar surface area (TPSA) is 74.1 Å². The van der Waals surface area contributed by atoms with Crippen molar-refractivity contribution in [2.45, 2.75) is 4.90 Å². The molecule has 25 heavy (non-hydrogen) atoms. The maximum Gasteiger partial charge on any atom is 0.177 e. The van der Waals surface area contributed by atoms with Crippen LogP contribution >= 0.6 is 23.2 Å². The zero-order valence-corrected chi connectivity index (χ0v) is 15.6. The van der Waals surface area contributed by atoms with Gasteiger partial charge in [0.1, 0.15) is 17.9 Å². The monoisotopic (exact) mass is 397 g/mol. The lowest BCUT2D eigenvalue weighted by atomic mass is 10.1. The Bertz CT molecular complexity index is 1030. The fourth-order valence-electron chi connectivity index (χ4n) is 2.31. The molecule has 3 aromatic rings. The molecule has 3 rings (SSSR count). The lowest BCUT2D eigenvalue weighted by Gasteiger charge is -2.10. The molecule has 0 radical (unpaired) electrons. The van der Waals surface area contributed by atoms with Crippen LogP contribution in [-0.4, -0.2) is 36.3 Å². The van der Waals surface area contributed by atoms with Crippen molar-refractivity contribution in [2.75, 3.05) is 13.4 Å². The molecule has 2 heterocycles. The molecular weight excluding hydrogens is 385 g/mol. The highest BCUT2D eigenvalue weighted by molar-refractivity contribution is 7.90. The Morgan fingerprint density at radius 3 is 2.44 bits per heavy atom. The van der Waals surface area contributed by atoms with Crippen LogP contribution in [-0.2, 0) is 9.84 Å². The van der Waals surface area contributed by atoms with E-state index in [4.69, 9.17) is 27.9 Å². The molecule has 1 aromatic carbocycles. The molecule has 0 atom stereocenters. The third-order valence-electron chi connectivity index (χ3n) is 3.54. The molecule has 0 amide bonds. The summed E-state index contributed by atoms with van der Waals surface area (Å²) in [5.41, 5.74) is 1.31. The summed E-state index contributed by atoms with van der Waals surface area (Å²) in [5, 5.41) is 0.708. The first-order valence-electron chi connectivity index (χ1n) is 7.04. The van der Waals surface area contributed by atoms with E-state index >= 15 is 0 Å². The Labute approximate surface area is 154 Å². The summed E-state index contributed by atoms with van der Waals surface area (Å²) in [6.07, 6.45) is 3.93. The Balaban J connectivity index is 2.10. The van der Waals surface area contributed by atoms with Crippen molar-refractivity contribution in [3.05, 3.63) is 53.0 Å². The number of hydrogen-bond acceptors (Lipinski definition) is 5. The van der Waals surface area contributed by atoms with E-state index in [0.29, 0.717) is 22.3 Å². The molecule has 0 N–H and O–H groups in total. The minimum atomic E-state index is -3.32. The van der Waals surface area contributed by atoms with Crippen molar-refractivity contribution < 1.29 is 13.2 Å². The maximum absolute atomic E-state index is 11.6. The summed E-state index contributed by atoms with van der Waals surface area (Å²) in [4.78, 5) is 8.44. The van der Waals surface area contributed by atoms with E-state index in [1.54, 1.807) is 28.8 Å².